The smallest absolute Gasteiger partial charge is 0.322 e. The number of carbonyl (C=O) groups excluding carboxylic acids is 2. The molecule has 28 heavy (non-hydrogen) atoms. The Kier molecular flexibility index (Phi) is 5.03. The summed E-state index contributed by atoms with van der Waals surface area (Å²) >= 11 is 1.44. The highest BCUT2D eigenvalue weighted by molar-refractivity contribution is 7.99. The number of pyridine rings is 1. The molecule has 7 nitrogen and oxygen atoms in total. The average molecular weight is 395 g/mol. The molecular weight excluding hydrogens is 378 g/mol. The van der Waals surface area contributed by atoms with Gasteiger partial charge in [0.15, 0.2) is 6.04 Å². The Morgan fingerprint density at radius 1 is 1.14 bits per heavy atom. The van der Waals surface area contributed by atoms with Crippen molar-refractivity contribution in [3.8, 4) is 5.75 Å². The van der Waals surface area contributed by atoms with Crippen molar-refractivity contribution in [2.75, 3.05) is 0 Å². The lowest BCUT2D eigenvalue weighted by atomic mass is 10.2. The summed E-state index contributed by atoms with van der Waals surface area (Å²) in [6.07, 6.45) is 1.50. The molecular formula is C20H17N3O4S. The SMILES string of the molecule is Cc1cccc(COc2ccc(Sc3ccoc3C3NC(=O)NC3=O)cc2)n1. The van der Waals surface area contributed by atoms with Gasteiger partial charge in [-0.25, -0.2) is 4.79 Å². The minimum Gasteiger partial charge on any atom is -0.487 e. The van der Waals surface area contributed by atoms with E-state index in [0.717, 1.165) is 26.9 Å². The third kappa shape index (κ3) is 4.01. The number of carbonyl (C=O) groups is 2. The van der Waals surface area contributed by atoms with E-state index < -0.39 is 18.0 Å². The Labute approximate surface area is 165 Å². The number of rotatable bonds is 6. The molecule has 142 valence electrons. The van der Waals surface area contributed by atoms with E-state index in [0.29, 0.717) is 12.4 Å². The number of imide groups is 1. The largest absolute Gasteiger partial charge is 0.487 e. The molecule has 8 heteroatoms. The minimum absolute atomic E-state index is 0.399. The van der Waals surface area contributed by atoms with E-state index >= 15 is 0 Å². The summed E-state index contributed by atoms with van der Waals surface area (Å²) in [5, 5.41) is 4.75. The van der Waals surface area contributed by atoms with E-state index in [1.165, 1.54) is 18.0 Å². The molecule has 3 aromatic rings. The zero-order chi connectivity index (χ0) is 19.5. The first-order chi connectivity index (χ1) is 13.6. The van der Waals surface area contributed by atoms with Crippen LogP contribution in [0.5, 0.6) is 5.75 Å². The van der Waals surface area contributed by atoms with Crippen LogP contribution in [-0.2, 0) is 11.4 Å². The summed E-state index contributed by atoms with van der Waals surface area (Å²) in [5.41, 5.74) is 1.83. The zero-order valence-electron chi connectivity index (χ0n) is 15.0. The Bertz CT molecular complexity index is 1020. The number of benzene rings is 1. The Hall–Kier alpha value is -3.26. The van der Waals surface area contributed by atoms with Crippen LogP contribution in [0.4, 0.5) is 4.79 Å². The molecule has 4 rings (SSSR count). The van der Waals surface area contributed by atoms with E-state index in [1.54, 1.807) is 6.07 Å². The maximum absolute atomic E-state index is 11.9. The van der Waals surface area contributed by atoms with Crippen LogP contribution in [0.2, 0.25) is 0 Å². The lowest BCUT2D eigenvalue weighted by Gasteiger charge is -2.09. The van der Waals surface area contributed by atoms with Crippen LogP contribution in [0.3, 0.4) is 0 Å². The van der Waals surface area contributed by atoms with Crippen LogP contribution >= 0.6 is 11.8 Å². The van der Waals surface area contributed by atoms with Crippen molar-refractivity contribution in [1.82, 2.24) is 15.6 Å². The first kappa shape index (κ1) is 18.1. The van der Waals surface area contributed by atoms with E-state index in [1.807, 2.05) is 49.4 Å². The number of amides is 3. The molecule has 1 atom stereocenters. The predicted octanol–water partition coefficient (Wildman–Crippen LogP) is 3.59. The first-order valence-corrected chi connectivity index (χ1v) is 9.42. The topological polar surface area (TPSA) is 93.5 Å². The number of nitrogens with one attached hydrogen (secondary N) is 2. The second-order valence-corrected chi connectivity index (χ2v) is 7.29. The lowest BCUT2D eigenvalue weighted by molar-refractivity contribution is -0.120. The van der Waals surface area contributed by atoms with Crippen LogP contribution < -0.4 is 15.4 Å². The molecule has 1 saturated heterocycles. The second-order valence-electron chi connectivity index (χ2n) is 6.18. The van der Waals surface area contributed by atoms with Crippen molar-refractivity contribution >= 4 is 23.7 Å². The fraction of sp³-hybridized carbons (Fsp3) is 0.150. The summed E-state index contributed by atoms with van der Waals surface area (Å²) in [6, 6.07) is 13.9. The number of aromatic nitrogens is 1. The number of hydrogen-bond acceptors (Lipinski definition) is 6. The van der Waals surface area contributed by atoms with E-state index in [9.17, 15) is 9.59 Å². The van der Waals surface area contributed by atoms with Crippen LogP contribution in [0, 0.1) is 6.92 Å². The summed E-state index contributed by atoms with van der Waals surface area (Å²) < 4.78 is 11.2. The van der Waals surface area contributed by atoms with Crippen LogP contribution in [-0.4, -0.2) is 16.9 Å². The van der Waals surface area contributed by atoms with Gasteiger partial charge in [-0.2, -0.15) is 0 Å². The molecule has 1 aliphatic rings. The molecule has 0 saturated carbocycles. The van der Waals surface area contributed by atoms with Gasteiger partial charge in [0.05, 0.1) is 16.9 Å². The highest BCUT2D eigenvalue weighted by atomic mass is 32.2. The van der Waals surface area contributed by atoms with Crippen LogP contribution in [0.25, 0.3) is 0 Å². The number of nitrogens with zero attached hydrogens (tertiary/aromatic N) is 1. The molecule has 3 heterocycles. The maximum atomic E-state index is 11.9. The van der Waals surface area contributed by atoms with Crippen molar-refractivity contribution in [1.29, 1.82) is 0 Å². The van der Waals surface area contributed by atoms with Gasteiger partial charge in [0, 0.05) is 10.6 Å². The van der Waals surface area contributed by atoms with Crippen molar-refractivity contribution in [2.45, 2.75) is 29.4 Å². The maximum Gasteiger partial charge on any atom is 0.322 e. The van der Waals surface area contributed by atoms with Gasteiger partial charge in [-0.05, 0) is 49.4 Å². The van der Waals surface area contributed by atoms with Gasteiger partial charge in [-0.3, -0.25) is 15.1 Å². The normalized spacial score (nSPS) is 16.0. The monoisotopic (exact) mass is 395 g/mol. The van der Waals surface area contributed by atoms with E-state index in [2.05, 4.69) is 15.6 Å². The number of urea groups is 1. The number of furan rings is 1. The Balaban J connectivity index is 1.41. The second kappa shape index (κ2) is 7.77. The van der Waals surface area contributed by atoms with Crippen molar-refractivity contribution in [3.05, 3.63) is 71.9 Å². The fourth-order valence-corrected chi connectivity index (χ4v) is 3.69. The minimum atomic E-state index is -0.811. The molecule has 2 aromatic heterocycles. The third-order valence-electron chi connectivity index (χ3n) is 4.08. The van der Waals surface area contributed by atoms with Gasteiger partial charge in [0.2, 0.25) is 0 Å². The number of hydrogen-bond donors (Lipinski definition) is 2. The number of ether oxygens (including phenoxy) is 1. The first-order valence-electron chi connectivity index (χ1n) is 8.60. The Morgan fingerprint density at radius 3 is 2.68 bits per heavy atom. The van der Waals surface area contributed by atoms with Gasteiger partial charge < -0.3 is 14.5 Å². The average Bonchev–Trinajstić information content (AvgIpc) is 3.26. The highest BCUT2D eigenvalue weighted by Crippen LogP contribution is 2.35. The summed E-state index contributed by atoms with van der Waals surface area (Å²) in [7, 11) is 0. The van der Waals surface area contributed by atoms with Crippen LogP contribution in [0.1, 0.15) is 23.2 Å². The fourth-order valence-electron chi connectivity index (χ4n) is 2.77. The molecule has 1 aromatic carbocycles. The van der Waals surface area contributed by atoms with Crippen LogP contribution in [0.15, 0.2) is 69.0 Å². The molecule has 0 bridgehead atoms. The molecule has 0 radical (unpaired) electrons. The lowest BCUT2D eigenvalue weighted by Crippen LogP contribution is -2.22. The van der Waals surface area contributed by atoms with E-state index in [4.69, 9.17) is 9.15 Å². The van der Waals surface area contributed by atoms with Crippen molar-refractivity contribution in [3.63, 3.8) is 0 Å². The van der Waals surface area contributed by atoms with Gasteiger partial charge in [-0.15, -0.1) is 0 Å². The molecule has 2 N–H and O–H groups in total. The van der Waals surface area contributed by atoms with E-state index in [-0.39, 0.29) is 0 Å². The Morgan fingerprint density at radius 2 is 1.96 bits per heavy atom. The molecule has 0 aliphatic carbocycles. The molecule has 1 aliphatic heterocycles. The summed E-state index contributed by atoms with van der Waals surface area (Å²) in [4.78, 5) is 29.3. The highest BCUT2D eigenvalue weighted by Gasteiger charge is 2.35. The molecule has 1 fully saturated rings. The summed E-state index contributed by atoms with van der Waals surface area (Å²) in [6.45, 7) is 2.34. The predicted molar refractivity (Wildman–Crippen MR) is 102 cm³/mol. The van der Waals surface area contributed by atoms with Crippen molar-refractivity contribution < 1.29 is 18.7 Å². The third-order valence-corrected chi connectivity index (χ3v) is 5.14. The van der Waals surface area contributed by atoms with Gasteiger partial charge in [0.25, 0.3) is 5.91 Å². The van der Waals surface area contributed by atoms with Gasteiger partial charge in [-0.1, -0.05) is 17.8 Å². The molecule has 1 unspecified atom stereocenters. The quantitative estimate of drug-likeness (QED) is 0.620. The van der Waals surface area contributed by atoms with Crippen molar-refractivity contribution in [2.24, 2.45) is 0 Å². The summed E-state index contributed by atoms with van der Waals surface area (Å²) in [5.74, 6) is 0.733. The molecule has 0 spiro atoms. The molecule has 3 amide bonds. The zero-order valence-corrected chi connectivity index (χ0v) is 15.8. The van der Waals surface area contributed by atoms with Gasteiger partial charge in [0.1, 0.15) is 18.1 Å². The standard InChI is InChI=1S/C20H17N3O4S/c1-12-3-2-4-13(21-12)11-27-14-5-7-15(8-6-14)28-16-9-10-26-18(16)17-19(24)23-20(25)22-17/h2-10,17H,11H2,1H3,(H2,22,23,24,25). The van der Waals surface area contributed by atoms with Gasteiger partial charge >= 0.3 is 6.03 Å². The number of aryl methyl sites for hydroxylation is 1.